The van der Waals surface area contributed by atoms with Crippen LogP contribution in [0.4, 0.5) is 0 Å². The van der Waals surface area contributed by atoms with Crippen molar-refractivity contribution in [1.82, 2.24) is 10.2 Å². The van der Waals surface area contributed by atoms with Gasteiger partial charge in [-0.3, -0.25) is 0 Å². The Balaban J connectivity index is 0.00000169. The maximum absolute atomic E-state index is 11.4. The summed E-state index contributed by atoms with van der Waals surface area (Å²) in [4.78, 5) is 2.53. The zero-order valence-electron chi connectivity index (χ0n) is 15.6. The van der Waals surface area contributed by atoms with Crippen molar-refractivity contribution in [2.45, 2.75) is 62.5 Å². The third kappa shape index (κ3) is 5.98. The van der Waals surface area contributed by atoms with Gasteiger partial charge in [0.1, 0.15) is 0 Å². The van der Waals surface area contributed by atoms with Crippen LogP contribution in [-0.2, 0) is 0 Å². The van der Waals surface area contributed by atoms with Gasteiger partial charge in [0.05, 0.1) is 5.60 Å². The minimum Gasteiger partial charge on any atom is -0.389 e. The molecule has 3 nitrogen and oxygen atoms in total. The van der Waals surface area contributed by atoms with Crippen molar-refractivity contribution < 1.29 is 5.11 Å². The van der Waals surface area contributed by atoms with Crippen LogP contribution < -0.4 is 5.32 Å². The van der Waals surface area contributed by atoms with Crippen LogP contribution in [0.1, 0.15) is 56.4 Å². The molecule has 0 aromatic heterocycles. The summed E-state index contributed by atoms with van der Waals surface area (Å²) in [5.74, 6) is 0.155. The summed E-state index contributed by atoms with van der Waals surface area (Å²) in [5, 5.41) is 15.6. The average Bonchev–Trinajstić information content (AvgIpc) is 2.60. The Labute approximate surface area is 175 Å². The highest BCUT2D eigenvalue weighted by Crippen LogP contribution is 2.41. The minimum atomic E-state index is -0.581. The van der Waals surface area contributed by atoms with Crippen molar-refractivity contribution in [3.05, 3.63) is 34.9 Å². The van der Waals surface area contributed by atoms with E-state index >= 15 is 0 Å². The molecular weight excluding hydrogens is 391 g/mol. The van der Waals surface area contributed by atoms with Gasteiger partial charge < -0.3 is 15.3 Å². The highest BCUT2D eigenvalue weighted by atomic mass is 35.5. The molecule has 1 saturated carbocycles. The van der Waals surface area contributed by atoms with Gasteiger partial charge in [-0.15, -0.1) is 24.8 Å². The first kappa shape index (κ1) is 24.0. The van der Waals surface area contributed by atoms with E-state index in [2.05, 4.69) is 29.4 Å². The lowest BCUT2D eigenvalue weighted by Gasteiger charge is -2.43. The van der Waals surface area contributed by atoms with E-state index in [9.17, 15) is 5.11 Å². The second-order valence-corrected chi connectivity index (χ2v) is 8.07. The van der Waals surface area contributed by atoms with E-state index in [1.54, 1.807) is 0 Å². The minimum absolute atomic E-state index is 0. The Morgan fingerprint density at radius 2 is 1.85 bits per heavy atom. The van der Waals surface area contributed by atoms with Gasteiger partial charge in [-0.25, -0.2) is 0 Å². The molecule has 26 heavy (non-hydrogen) atoms. The molecule has 1 aromatic rings. The number of piperidine rings is 1. The number of aliphatic hydroxyl groups is 1. The van der Waals surface area contributed by atoms with Crippen molar-refractivity contribution >= 4 is 36.4 Å². The summed E-state index contributed by atoms with van der Waals surface area (Å²) >= 11 is 6.25. The van der Waals surface area contributed by atoms with Crippen LogP contribution >= 0.6 is 36.4 Å². The first-order valence-electron chi connectivity index (χ1n) is 9.48. The monoisotopic (exact) mass is 422 g/mol. The van der Waals surface area contributed by atoms with Gasteiger partial charge in [0, 0.05) is 23.5 Å². The molecule has 0 amide bonds. The van der Waals surface area contributed by atoms with Gasteiger partial charge in [0.15, 0.2) is 0 Å². The normalized spacial score (nSPS) is 22.1. The molecule has 1 unspecified atom stereocenters. The van der Waals surface area contributed by atoms with E-state index in [1.807, 2.05) is 12.1 Å². The van der Waals surface area contributed by atoms with Crippen LogP contribution in [-0.4, -0.2) is 48.3 Å². The van der Waals surface area contributed by atoms with Gasteiger partial charge in [0.25, 0.3) is 0 Å². The highest BCUT2D eigenvalue weighted by Gasteiger charge is 2.40. The summed E-state index contributed by atoms with van der Waals surface area (Å²) in [7, 11) is 2.06. The highest BCUT2D eigenvalue weighted by molar-refractivity contribution is 6.30. The molecule has 0 radical (unpaired) electrons. The second-order valence-electron chi connectivity index (χ2n) is 7.64. The molecule has 6 heteroatoms. The van der Waals surface area contributed by atoms with E-state index in [0.717, 1.165) is 50.3 Å². The molecule has 1 saturated heterocycles. The van der Waals surface area contributed by atoms with Crippen molar-refractivity contribution in [3.63, 3.8) is 0 Å². The molecule has 1 aliphatic heterocycles. The van der Waals surface area contributed by atoms with Gasteiger partial charge in [-0.05, 0) is 63.5 Å². The molecule has 150 valence electrons. The number of nitrogens with one attached hydrogen (secondary N) is 1. The van der Waals surface area contributed by atoms with Crippen LogP contribution in [0.3, 0.4) is 0 Å². The summed E-state index contributed by atoms with van der Waals surface area (Å²) in [6, 6.07) is 8.78. The number of nitrogens with zero attached hydrogens (tertiary/aromatic N) is 1. The van der Waals surface area contributed by atoms with Gasteiger partial charge >= 0.3 is 0 Å². The molecular formula is C20H33Cl3N2O. The molecule has 0 bridgehead atoms. The van der Waals surface area contributed by atoms with Crippen LogP contribution in [0.5, 0.6) is 0 Å². The molecule has 2 aliphatic rings. The molecule has 1 aliphatic carbocycles. The first-order valence-corrected chi connectivity index (χ1v) is 9.86. The lowest BCUT2D eigenvalue weighted by atomic mass is 9.72. The fourth-order valence-electron chi connectivity index (χ4n) is 4.48. The van der Waals surface area contributed by atoms with Crippen molar-refractivity contribution in [2.24, 2.45) is 0 Å². The number of hydrogen-bond donors (Lipinski definition) is 2. The Bertz CT molecular complexity index is 530. The molecule has 3 rings (SSSR count). The van der Waals surface area contributed by atoms with E-state index in [1.165, 1.54) is 24.8 Å². The second kappa shape index (κ2) is 11.1. The molecule has 1 atom stereocenters. The van der Waals surface area contributed by atoms with Crippen LogP contribution in [0.15, 0.2) is 24.3 Å². The van der Waals surface area contributed by atoms with E-state index < -0.39 is 5.60 Å². The predicted molar refractivity (Wildman–Crippen MR) is 115 cm³/mol. The number of halogens is 3. The van der Waals surface area contributed by atoms with E-state index in [-0.39, 0.29) is 30.7 Å². The molecule has 0 spiro atoms. The summed E-state index contributed by atoms with van der Waals surface area (Å²) in [6.07, 6.45) is 7.73. The molecule has 2 N–H and O–H groups in total. The third-order valence-electron chi connectivity index (χ3n) is 6.06. The van der Waals surface area contributed by atoms with Crippen LogP contribution in [0.2, 0.25) is 5.02 Å². The Morgan fingerprint density at radius 3 is 2.42 bits per heavy atom. The molecule has 1 aromatic carbocycles. The smallest absolute Gasteiger partial charge is 0.0728 e. The summed E-state index contributed by atoms with van der Waals surface area (Å²) < 4.78 is 0. The number of hydrogen-bond acceptors (Lipinski definition) is 3. The van der Waals surface area contributed by atoms with E-state index in [4.69, 9.17) is 11.6 Å². The quantitative estimate of drug-likeness (QED) is 0.724. The van der Waals surface area contributed by atoms with Crippen molar-refractivity contribution in [2.75, 3.05) is 26.7 Å². The third-order valence-corrected chi connectivity index (χ3v) is 6.29. The number of rotatable bonds is 5. The van der Waals surface area contributed by atoms with Gasteiger partial charge in [-0.1, -0.05) is 43.0 Å². The van der Waals surface area contributed by atoms with Crippen molar-refractivity contribution in [1.29, 1.82) is 0 Å². The Hall–Kier alpha value is -0.0300. The summed E-state index contributed by atoms with van der Waals surface area (Å²) in [6.45, 7) is 3.16. The topological polar surface area (TPSA) is 35.5 Å². The SMILES string of the molecule is CNC1CCN(CC(c2cccc(Cl)c2)C2(O)CCCCC2)CC1.Cl.Cl. The lowest BCUT2D eigenvalue weighted by Crippen LogP contribution is -2.48. The van der Waals surface area contributed by atoms with Crippen LogP contribution in [0.25, 0.3) is 0 Å². The van der Waals surface area contributed by atoms with E-state index in [0.29, 0.717) is 6.04 Å². The van der Waals surface area contributed by atoms with Gasteiger partial charge in [0.2, 0.25) is 0 Å². The van der Waals surface area contributed by atoms with Gasteiger partial charge in [-0.2, -0.15) is 0 Å². The average molecular weight is 424 g/mol. The molecule has 2 fully saturated rings. The van der Waals surface area contributed by atoms with Crippen LogP contribution in [0, 0.1) is 0 Å². The largest absolute Gasteiger partial charge is 0.389 e. The predicted octanol–water partition coefficient (Wildman–Crippen LogP) is 4.65. The number of benzene rings is 1. The zero-order chi connectivity index (χ0) is 17.0. The maximum atomic E-state index is 11.4. The number of likely N-dealkylation sites (tertiary alicyclic amines) is 1. The Kier molecular flexibility index (Phi) is 10.2. The summed E-state index contributed by atoms with van der Waals surface area (Å²) in [5.41, 5.74) is 0.616. The standard InChI is InChI=1S/C20H31ClN2O.2ClH/c1-22-18-8-12-23(13-9-18)15-19(16-6-5-7-17(21)14-16)20(24)10-3-2-4-11-20;;/h5-7,14,18-19,22,24H,2-4,8-13,15H2,1H3;2*1H. The zero-order valence-corrected chi connectivity index (χ0v) is 18.0. The maximum Gasteiger partial charge on any atom is 0.0728 e. The van der Waals surface area contributed by atoms with Crippen molar-refractivity contribution in [3.8, 4) is 0 Å². The Morgan fingerprint density at radius 1 is 1.19 bits per heavy atom. The fourth-order valence-corrected chi connectivity index (χ4v) is 4.68. The molecule has 1 heterocycles. The fraction of sp³-hybridized carbons (Fsp3) is 0.700. The lowest BCUT2D eigenvalue weighted by molar-refractivity contribution is -0.0326. The first-order chi connectivity index (χ1) is 11.6.